The van der Waals surface area contributed by atoms with Crippen LogP contribution in [-0.2, 0) is 0 Å². The number of hydrogen-bond acceptors (Lipinski definition) is 2. The number of nitrogens with zero attached hydrogens (tertiary/aromatic N) is 1. The Morgan fingerprint density at radius 3 is 2.00 bits per heavy atom. The Kier molecular flexibility index (Phi) is 3.66. The molecule has 0 amide bonds. The van der Waals surface area contributed by atoms with E-state index in [4.69, 9.17) is 0 Å². The lowest BCUT2D eigenvalue weighted by Crippen LogP contribution is -2.11. The maximum atomic E-state index is 14.3. The van der Waals surface area contributed by atoms with Gasteiger partial charge in [0.1, 0.15) is 0 Å². The van der Waals surface area contributed by atoms with Gasteiger partial charge >= 0.3 is 0 Å². The summed E-state index contributed by atoms with van der Waals surface area (Å²) in [5, 5.41) is 2.79. The molecule has 112 valence electrons. The summed E-state index contributed by atoms with van der Waals surface area (Å²) in [6.45, 7) is 0.320. The SMILES string of the molecule is Fc1c(F)c(-c2ccncc2)c(F)c(F)c1C1=CCNC=C1. The van der Waals surface area contributed by atoms with Crippen LogP contribution in [0.15, 0.2) is 42.9 Å². The monoisotopic (exact) mass is 306 g/mol. The van der Waals surface area contributed by atoms with E-state index in [1.165, 1.54) is 42.9 Å². The number of rotatable bonds is 2. The molecule has 1 aliphatic rings. The first-order valence-electron chi connectivity index (χ1n) is 6.48. The Bertz CT molecular complexity index is 753. The van der Waals surface area contributed by atoms with Crippen LogP contribution in [0, 0.1) is 23.3 Å². The minimum Gasteiger partial charge on any atom is -0.387 e. The molecule has 1 N–H and O–H groups in total. The summed E-state index contributed by atoms with van der Waals surface area (Å²) < 4.78 is 57.1. The van der Waals surface area contributed by atoms with Gasteiger partial charge in [0.25, 0.3) is 0 Å². The summed E-state index contributed by atoms with van der Waals surface area (Å²) >= 11 is 0. The first-order chi connectivity index (χ1) is 10.6. The highest BCUT2D eigenvalue weighted by atomic mass is 19.2. The van der Waals surface area contributed by atoms with E-state index in [9.17, 15) is 17.6 Å². The average molecular weight is 306 g/mol. The lowest BCUT2D eigenvalue weighted by molar-refractivity contribution is 0.455. The lowest BCUT2D eigenvalue weighted by Gasteiger charge is -2.14. The van der Waals surface area contributed by atoms with Crippen LogP contribution in [-0.4, -0.2) is 11.5 Å². The Balaban J connectivity index is 2.26. The first-order valence-corrected chi connectivity index (χ1v) is 6.48. The van der Waals surface area contributed by atoms with Gasteiger partial charge in [0.15, 0.2) is 23.3 Å². The van der Waals surface area contributed by atoms with Gasteiger partial charge in [0, 0.05) is 18.9 Å². The van der Waals surface area contributed by atoms with Gasteiger partial charge in [0.2, 0.25) is 0 Å². The largest absolute Gasteiger partial charge is 0.387 e. The Morgan fingerprint density at radius 2 is 1.45 bits per heavy atom. The molecular weight excluding hydrogens is 296 g/mol. The third-order valence-electron chi connectivity index (χ3n) is 3.34. The van der Waals surface area contributed by atoms with Gasteiger partial charge in [-0.15, -0.1) is 0 Å². The van der Waals surface area contributed by atoms with E-state index in [0.29, 0.717) is 6.54 Å². The van der Waals surface area contributed by atoms with Gasteiger partial charge < -0.3 is 5.32 Å². The summed E-state index contributed by atoms with van der Waals surface area (Å²) in [7, 11) is 0. The minimum absolute atomic E-state index is 0.0178. The number of hydrogen-bond donors (Lipinski definition) is 1. The van der Waals surface area contributed by atoms with Crippen molar-refractivity contribution in [2.45, 2.75) is 0 Å². The van der Waals surface area contributed by atoms with Crippen molar-refractivity contribution in [2.75, 3.05) is 6.54 Å². The van der Waals surface area contributed by atoms with Crippen LogP contribution < -0.4 is 5.32 Å². The Labute approximate surface area is 123 Å². The van der Waals surface area contributed by atoms with E-state index in [0.717, 1.165) is 0 Å². The van der Waals surface area contributed by atoms with E-state index in [1.807, 2.05) is 0 Å². The molecule has 22 heavy (non-hydrogen) atoms. The average Bonchev–Trinajstić information content (AvgIpc) is 2.55. The summed E-state index contributed by atoms with van der Waals surface area (Å²) in [6.07, 6.45) is 6.84. The fourth-order valence-electron chi connectivity index (χ4n) is 2.30. The van der Waals surface area contributed by atoms with E-state index >= 15 is 0 Å². The number of dihydropyridines is 1. The predicted octanol–water partition coefficient (Wildman–Crippen LogP) is 3.81. The number of nitrogens with one attached hydrogen (secondary N) is 1. The molecule has 0 saturated carbocycles. The van der Waals surface area contributed by atoms with Crippen LogP contribution in [0.3, 0.4) is 0 Å². The van der Waals surface area contributed by atoms with Gasteiger partial charge in [-0.1, -0.05) is 6.08 Å². The van der Waals surface area contributed by atoms with Gasteiger partial charge in [-0.25, -0.2) is 17.6 Å². The zero-order valence-corrected chi connectivity index (χ0v) is 11.2. The highest BCUT2D eigenvalue weighted by molar-refractivity contribution is 5.78. The Morgan fingerprint density at radius 1 is 0.864 bits per heavy atom. The van der Waals surface area contributed by atoms with E-state index < -0.39 is 34.4 Å². The van der Waals surface area contributed by atoms with Crippen molar-refractivity contribution in [3.63, 3.8) is 0 Å². The summed E-state index contributed by atoms with van der Waals surface area (Å²) in [5.41, 5.74) is -1.33. The summed E-state index contributed by atoms with van der Waals surface area (Å²) in [6, 6.07) is 2.56. The second-order valence-corrected chi connectivity index (χ2v) is 4.64. The van der Waals surface area contributed by atoms with Gasteiger partial charge in [0.05, 0.1) is 11.1 Å². The van der Waals surface area contributed by atoms with Crippen LogP contribution in [0.5, 0.6) is 0 Å². The van der Waals surface area contributed by atoms with Crippen LogP contribution in [0.4, 0.5) is 17.6 Å². The van der Waals surface area contributed by atoms with E-state index in [-0.39, 0.29) is 11.1 Å². The van der Waals surface area contributed by atoms with Gasteiger partial charge in [-0.2, -0.15) is 0 Å². The molecule has 0 radical (unpaired) electrons. The van der Waals surface area contributed by atoms with Crippen molar-refractivity contribution in [1.29, 1.82) is 0 Å². The van der Waals surface area contributed by atoms with Crippen molar-refractivity contribution < 1.29 is 17.6 Å². The van der Waals surface area contributed by atoms with Gasteiger partial charge in [-0.3, -0.25) is 4.98 Å². The van der Waals surface area contributed by atoms with Crippen LogP contribution >= 0.6 is 0 Å². The van der Waals surface area contributed by atoms with Crippen LogP contribution in [0.25, 0.3) is 16.7 Å². The highest BCUT2D eigenvalue weighted by Crippen LogP contribution is 2.35. The van der Waals surface area contributed by atoms with Gasteiger partial charge in [-0.05, 0) is 35.5 Å². The third kappa shape index (κ3) is 2.26. The molecule has 2 nitrogen and oxygen atoms in total. The molecule has 0 atom stereocenters. The third-order valence-corrected chi connectivity index (χ3v) is 3.34. The number of allylic oxidation sites excluding steroid dienone is 2. The van der Waals surface area contributed by atoms with Crippen molar-refractivity contribution in [2.24, 2.45) is 0 Å². The molecular formula is C16H10F4N2. The molecule has 0 aliphatic carbocycles. The molecule has 2 aromatic rings. The molecule has 0 bridgehead atoms. The normalized spacial score (nSPS) is 13.7. The lowest BCUT2D eigenvalue weighted by atomic mass is 9.97. The minimum atomic E-state index is -1.42. The molecule has 6 heteroatoms. The topological polar surface area (TPSA) is 24.9 Å². The zero-order valence-electron chi connectivity index (χ0n) is 11.2. The van der Waals surface area contributed by atoms with Crippen molar-refractivity contribution >= 4 is 5.57 Å². The molecule has 0 unspecified atom stereocenters. The highest BCUT2D eigenvalue weighted by Gasteiger charge is 2.27. The molecule has 1 aromatic carbocycles. The zero-order chi connectivity index (χ0) is 15.7. The molecule has 1 aliphatic heterocycles. The summed E-state index contributed by atoms with van der Waals surface area (Å²) in [5.74, 6) is -5.67. The molecule has 0 fully saturated rings. The number of pyridine rings is 1. The van der Waals surface area contributed by atoms with Crippen LogP contribution in [0.1, 0.15) is 5.56 Å². The van der Waals surface area contributed by atoms with Crippen molar-refractivity contribution in [1.82, 2.24) is 10.3 Å². The summed E-state index contributed by atoms with van der Waals surface area (Å²) in [4.78, 5) is 3.71. The number of halogens is 4. The number of benzene rings is 1. The molecule has 0 saturated heterocycles. The fourth-order valence-corrected chi connectivity index (χ4v) is 2.30. The smallest absolute Gasteiger partial charge is 0.170 e. The molecule has 0 spiro atoms. The standard InChI is InChI=1S/C16H10F4N2/c17-13-11(9-1-5-21-6-2-9)14(18)16(20)12(15(13)19)10-3-7-22-8-4-10/h1-7,22H,8H2. The second-order valence-electron chi connectivity index (χ2n) is 4.64. The molecule has 2 heterocycles. The molecule has 3 rings (SSSR count). The van der Waals surface area contributed by atoms with E-state index in [1.54, 1.807) is 0 Å². The predicted molar refractivity (Wildman–Crippen MR) is 74.6 cm³/mol. The van der Waals surface area contributed by atoms with Crippen molar-refractivity contribution in [3.8, 4) is 11.1 Å². The number of aromatic nitrogens is 1. The fraction of sp³-hybridized carbons (Fsp3) is 0.0625. The van der Waals surface area contributed by atoms with Crippen LogP contribution in [0.2, 0.25) is 0 Å². The molecule has 1 aromatic heterocycles. The Hall–Kier alpha value is -2.63. The quantitative estimate of drug-likeness (QED) is 0.674. The maximum Gasteiger partial charge on any atom is 0.170 e. The van der Waals surface area contributed by atoms with Crippen molar-refractivity contribution in [3.05, 3.63) is 71.7 Å². The van der Waals surface area contributed by atoms with E-state index in [2.05, 4.69) is 10.3 Å². The first kappa shape index (κ1) is 14.3. The second kappa shape index (κ2) is 5.63. The maximum absolute atomic E-state index is 14.3.